The third-order valence-corrected chi connectivity index (χ3v) is 3.45. The normalized spacial score (nSPS) is 11.2. The lowest BCUT2D eigenvalue weighted by Crippen LogP contribution is -2.33. The van der Waals surface area contributed by atoms with E-state index >= 15 is 0 Å². The summed E-state index contributed by atoms with van der Waals surface area (Å²) in [5, 5.41) is 0.864. The molecule has 21 heavy (non-hydrogen) atoms. The van der Waals surface area contributed by atoms with Gasteiger partial charge in [-0.2, -0.15) is 0 Å². The molecular weight excluding hydrogens is 266 g/mol. The van der Waals surface area contributed by atoms with Gasteiger partial charge in [0.2, 0.25) is 0 Å². The van der Waals surface area contributed by atoms with E-state index in [2.05, 4.69) is 4.90 Å². The summed E-state index contributed by atoms with van der Waals surface area (Å²) in [7, 11) is 4.06. The lowest BCUT2D eigenvalue weighted by atomic mass is 10.2. The Morgan fingerprint density at radius 3 is 2.67 bits per heavy atom. The zero-order valence-electron chi connectivity index (χ0n) is 12.9. The summed E-state index contributed by atoms with van der Waals surface area (Å²) < 4.78 is 5.64. The molecule has 1 aromatic heterocycles. The summed E-state index contributed by atoms with van der Waals surface area (Å²) in [4.78, 5) is 16.4. The van der Waals surface area contributed by atoms with E-state index in [4.69, 9.17) is 10.2 Å². The first-order chi connectivity index (χ1) is 10.0. The summed E-state index contributed by atoms with van der Waals surface area (Å²) in [6.07, 6.45) is 0.944. The highest BCUT2D eigenvalue weighted by molar-refractivity contribution is 5.96. The molecule has 0 unspecified atom stereocenters. The van der Waals surface area contributed by atoms with Crippen molar-refractivity contribution in [2.75, 3.05) is 39.5 Å². The van der Waals surface area contributed by atoms with Gasteiger partial charge in [-0.3, -0.25) is 4.79 Å². The number of benzene rings is 1. The first-order valence-corrected chi connectivity index (χ1v) is 7.24. The van der Waals surface area contributed by atoms with E-state index in [1.165, 1.54) is 0 Å². The first kappa shape index (κ1) is 15.4. The molecule has 2 aromatic rings. The molecule has 0 saturated carbocycles. The summed E-state index contributed by atoms with van der Waals surface area (Å²) >= 11 is 0. The van der Waals surface area contributed by atoms with Gasteiger partial charge in [0.05, 0.1) is 0 Å². The van der Waals surface area contributed by atoms with Crippen molar-refractivity contribution in [1.29, 1.82) is 0 Å². The number of carbonyl (C=O) groups is 1. The molecule has 1 heterocycles. The summed E-state index contributed by atoms with van der Waals surface area (Å²) in [5.74, 6) is 0.313. The summed E-state index contributed by atoms with van der Waals surface area (Å²) in [6, 6.07) is 7.15. The van der Waals surface area contributed by atoms with Crippen LogP contribution in [0.3, 0.4) is 0 Å². The second kappa shape index (κ2) is 6.63. The molecule has 0 atom stereocenters. The lowest BCUT2D eigenvalue weighted by Gasteiger charge is -2.20. The minimum atomic E-state index is -0.0639. The molecule has 2 N–H and O–H groups in total. The number of furan rings is 1. The fraction of sp³-hybridized carbons (Fsp3) is 0.438. The second-order valence-corrected chi connectivity index (χ2v) is 5.45. The zero-order chi connectivity index (χ0) is 15.4. The van der Waals surface area contributed by atoms with Crippen LogP contribution in [0.1, 0.15) is 23.9 Å². The third-order valence-electron chi connectivity index (χ3n) is 3.45. The van der Waals surface area contributed by atoms with Crippen molar-refractivity contribution >= 4 is 22.6 Å². The van der Waals surface area contributed by atoms with E-state index in [1.807, 2.05) is 32.0 Å². The average molecular weight is 289 g/mol. The van der Waals surface area contributed by atoms with Crippen molar-refractivity contribution in [3.05, 3.63) is 30.0 Å². The Bertz CT molecular complexity index is 619. The fourth-order valence-electron chi connectivity index (χ4n) is 2.30. The lowest BCUT2D eigenvalue weighted by molar-refractivity contribution is 0.0730. The van der Waals surface area contributed by atoms with Gasteiger partial charge >= 0.3 is 0 Å². The molecule has 1 aromatic carbocycles. The van der Waals surface area contributed by atoms with Gasteiger partial charge in [-0.25, -0.2) is 0 Å². The van der Waals surface area contributed by atoms with Gasteiger partial charge in [0.1, 0.15) is 5.58 Å². The van der Waals surface area contributed by atoms with Crippen molar-refractivity contribution in [2.45, 2.75) is 13.3 Å². The minimum Gasteiger partial charge on any atom is -0.451 e. The van der Waals surface area contributed by atoms with Crippen LogP contribution in [0.2, 0.25) is 0 Å². The second-order valence-electron chi connectivity index (χ2n) is 5.45. The largest absolute Gasteiger partial charge is 0.451 e. The fourth-order valence-corrected chi connectivity index (χ4v) is 2.30. The molecule has 0 bridgehead atoms. The van der Waals surface area contributed by atoms with E-state index in [0.29, 0.717) is 23.6 Å². The van der Waals surface area contributed by atoms with Gasteiger partial charge in [0.15, 0.2) is 5.76 Å². The number of hydrogen-bond acceptors (Lipinski definition) is 4. The van der Waals surface area contributed by atoms with Crippen LogP contribution >= 0.6 is 0 Å². The smallest absolute Gasteiger partial charge is 0.289 e. The number of hydrogen-bond donors (Lipinski definition) is 1. The van der Waals surface area contributed by atoms with Crippen molar-refractivity contribution < 1.29 is 9.21 Å². The SMILES string of the molecule is CCN(CCCN(C)C)C(=O)c1cc2cc(N)ccc2o1. The summed E-state index contributed by atoms with van der Waals surface area (Å²) in [5.41, 5.74) is 7.11. The molecule has 0 spiro atoms. The topological polar surface area (TPSA) is 62.7 Å². The van der Waals surface area contributed by atoms with Crippen LogP contribution < -0.4 is 5.73 Å². The molecule has 0 radical (unpaired) electrons. The maximum Gasteiger partial charge on any atom is 0.289 e. The van der Waals surface area contributed by atoms with E-state index in [0.717, 1.165) is 24.9 Å². The Morgan fingerprint density at radius 1 is 1.24 bits per heavy atom. The number of carbonyl (C=O) groups excluding carboxylic acids is 1. The Morgan fingerprint density at radius 2 is 2.00 bits per heavy atom. The standard InChI is InChI=1S/C16H23N3O2/c1-4-19(9-5-8-18(2)3)16(20)15-11-12-10-13(17)6-7-14(12)21-15/h6-7,10-11H,4-5,8-9,17H2,1-3H3. The van der Waals surface area contributed by atoms with Gasteiger partial charge in [-0.15, -0.1) is 0 Å². The van der Waals surface area contributed by atoms with Gasteiger partial charge in [0, 0.05) is 24.2 Å². The van der Waals surface area contributed by atoms with Gasteiger partial charge in [0.25, 0.3) is 5.91 Å². The molecule has 5 nitrogen and oxygen atoms in total. The number of nitrogen functional groups attached to an aromatic ring is 1. The molecule has 0 aliphatic rings. The Labute approximate surface area is 125 Å². The molecule has 1 amide bonds. The number of nitrogens with two attached hydrogens (primary N) is 1. The molecular formula is C16H23N3O2. The van der Waals surface area contributed by atoms with E-state index in [1.54, 1.807) is 18.2 Å². The van der Waals surface area contributed by atoms with Crippen LogP contribution in [0.4, 0.5) is 5.69 Å². The predicted octanol–water partition coefficient (Wildman–Crippen LogP) is 2.43. The predicted molar refractivity (Wildman–Crippen MR) is 85.4 cm³/mol. The number of rotatable bonds is 6. The average Bonchev–Trinajstić information content (AvgIpc) is 2.85. The molecule has 5 heteroatoms. The van der Waals surface area contributed by atoms with Crippen LogP contribution in [-0.4, -0.2) is 49.4 Å². The monoisotopic (exact) mass is 289 g/mol. The summed E-state index contributed by atoms with van der Waals surface area (Å²) in [6.45, 7) is 4.34. The van der Waals surface area contributed by atoms with Crippen molar-refractivity contribution in [2.24, 2.45) is 0 Å². The molecule has 0 fully saturated rings. The van der Waals surface area contributed by atoms with Gasteiger partial charge < -0.3 is 20.0 Å². The number of nitrogens with zero attached hydrogens (tertiary/aromatic N) is 2. The van der Waals surface area contributed by atoms with Crippen molar-refractivity contribution in [3.63, 3.8) is 0 Å². The van der Waals surface area contributed by atoms with Crippen molar-refractivity contribution in [3.8, 4) is 0 Å². The Balaban J connectivity index is 2.11. The highest BCUT2D eigenvalue weighted by Crippen LogP contribution is 2.22. The molecule has 2 rings (SSSR count). The maximum absolute atomic E-state index is 12.5. The first-order valence-electron chi connectivity index (χ1n) is 7.24. The number of amides is 1. The zero-order valence-corrected chi connectivity index (χ0v) is 12.9. The minimum absolute atomic E-state index is 0.0639. The van der Waals surface area contributed by atoms with E-state index in [-0.39, 0.29) is 5.91 Å². The van der Waals surface area contributed by atoms with Crippen LogP contribution in [0, 0.1) is 0 Å². The van der Waals surface area contributed by atoms with Crippen molar-refractivity contribution in [1.82, 2.24) is 9.80 Å². The number of anilines is 1. The third kappa shape index (κ3) is 3.76. The Kier molecular flexibility index (Phi) is 4.85. The molecule has 114 valence electrons. The Hall–Kier alpha value is -2.01. The maximum atomic E-state index is 12.5. The van der Waals surface area contributed by atoms with Crippen LogP contribution in [0.15, 0.2) is 28.7 Å². The quantitative estimate of drug-likeness (QED) is 0.830. The highest BCUT2D eigenvalue weighted by Gasteiger charge is 2.18. The van der Waals surface area contributed by atoms with Crippen LogP contribution in [-0.2, 0) is 0 Å². The molecule has 0 aliphatic heterocycles. The number of fused-ring (bicyclic) bond motifs is 1. The van der Waals surface area contributed by atoms with Crippen LogP contribution in [0.5, 0.6) is 0 Å². The van der Waals surface area contributed by atoms with E-state index in [9.17, 15) is 4.79 Å². The van der Waals surface area contributed by atoms with Gasteiger partial charge in [-0.05, 0) is 58.3 Å². The van der Waals surface area contributed by atoms with E-state index < -0.39 is 0 Å². The highest BCUT2D eigenvalue weighted by atomic mass is 16.3. The van der Waals surface area contributed by atoms with Gasteiger partial charge in [-0.1, -0.05) is 0 Å². The molecule has 0 saturated heterocycles. The van der Waals surface area contributed by atoms with Crippen LogP contribution in [0.25, 0.3) is 11.0 Å². The molecule has 0 aliphatic carbocycles.